The Bertz CT molecular complexity index is 5790. The molecule has 7 N–H and O–H groups in total. The maximum Gasteiger partial charge on any atom is 0.374 e. The maximum atomic E-state index is 15.2. The smallest absolute Gasteiger partial charge is 0.374 e. The minimum atomic E-state index is -2.37. The third kappa shape index (κ3) is 13.9. The van der Waals surface area contributed by atoms with Crippen molar-refractivity contribution in [3.63, 3.8) is 0 Å². The van der Waals surface area contributed by atoms with Crippen molar-refractivity contribution in [3.05, 3.63) is 247 Å². The summed E-state index contributed by atoms with van der Waals surface area (Å²) in [6.45, 7) is -2.19. The molecule has 5 unspecified atom stereocenters. The van der Waals surface area contributed by atoms with Gasteiger partial charge in [0, 0.05) is 42.8 Å². The highest BCUT2D eigenvalue weighted by Crippen LogP contribution is 2.34. The predicted molar refractivity (Wildman–Crippen MR) is 341 cm³/mol. The largest absolute Gasteiger partial charge is 0.490 e. The van der Waals surface area contributed by atoms with E-state index in [9.17, 15) is 88.5 Å². The number of carboxylic acid groups (broad SMARTS) is 5. The second kappa shape index (κ2) is 27.8. The summed E-state index contributed by atoms with van der Waals surface area (Å²) in [4.78, 5) is 170. The number of aliphatic hydroxyl groups excluding tert-OH is 2. The summed E-state index contributed by atoms with van der Waals surface area (Å²) < 4.78 is 63.7. The fourth-order valence-electron chi connectivity index (χ4n) is 10.8. The van der Waals surface area contributed by atoms with Crippen molar-refractivity contribution in [1.29, 1.82) is 0 Å². The van der Waals surface area contributed by atoms with Crippen LogP contribution >= 0.6 is 0 Å². The van der Waals surface area contributed by atoms with E-state index in [0.717, 1.165) is 18.2 Å². The number of carbonyl (C=O) groups excluding carboxylic acids is 1. The zero-order valence-corrected chi connectivity index (χ0v) is 50.9. The van der Waals surface area contributed by atoms with Crippen LogP contribution in [0.2, 0.25) is 0 Å². The van der Waals surface area contributed by atoms with Crippen LogP contribution in [0.25, 0.3) is 65.8 Å². The first-order chi connectivity index (χ1) is 48.4. The van der Waals surface area contributed by atoms with E-state index in [2.05, 4.69) is 0 Å². The minimum Gasteiger partial charge on any atom is -0.490 e. The molecule has 101 heavy (non-hydrogen) atoms. The van der Waals surface area contributed by atoms with Gasteiger partial charge in [-0.15, -0.1) is 0 Å². The first kappa shape index (κ1) is 67.3. The average molecular weight is 1390 g/mol. The summed E-state index contributed by atoms with van der Waals surface area (Å²) >= 11 is 0. The number of hydrogen-bond donors (Lipinski definition) is 7. The summed E-state index contributed by atoms with van der Waals surface area (Å²) in [6.07, 6.45) is -11.6. The fraction of sp³-hybridized carbons (Fsp3) is 0.130. The van der Waals surface area contributed by atoms with Crippen LogP contribution in [0.4, 0.5) is 0 Å². The van der Waals surface area contributed by atoms with Gasteiger partial charge in [-0.2, -0.15) is 4.89 Å². The Morgan fingerprint density at radius 1 is 0.356 bits per heavy atom. The number of rotatable bonds is 26. The van der Waals surface area contributed by atoms with Gasteiger partial charge in [0.1, 0.15) is 122 Å². The number of aliphatic hydroxyl groups is 2. The molecular formula is C69H44O32. The van der Waals surface area contributed by atoms with Gasteiger partial charge in [0.05, 0.1) is 5.39 Å². The molecule has 0 spiro atoms. The van der Waals surface area contributed by atoms with Gasteiger partial charge >= 0.3 is 35.8 Å². The first-order valence-electron chi connectivity index (χ1n) is 29.4. The van der Waals surface area contributed by atoms with Crippen LogP contribution in [0.1, 0.15) is 68.9 Å². The van der Waals surface area contributed by atoms with E-state index in [1.54, 1.807) is 0 Å². The molecule has 6 aromatic heterocycles. The molecule has 0 bridgehead atoms. The van der Waals surface area contributed by atoms with Gasteiger partial charge < -0.3 is 90.8 Å². The normalized spacial score (nSPS) is 12.9. The van der Waals surface area contributed by atoms with E-state index in [-0.39, 0.29) is 66.7 Å². The van der Waals surface area contributed by atoms with Crippen LogP contribution in [-0.4, -0.2) is 122 Å². The minimum absolute atomic E-state index is 0.0856. The molecule has 0 aliphatic rings. The molecule has 12 aromatic rings. The van der Waals surface area contributed by atoms with E-state index in [1.165, 1.54) is 97.1 Å². The van der Waals surface area contributed by atoms with E-state index in [4.69, 9.17) is 60.0 Å². The monoisotopic (exact) mass is 1380 g/mol. The van der Waals surface area contributed by atoms with Gasteiger partial charge in [0.25, 0.3) is 0 Å². The Morgan fingerprint density at radius 3 is 1.06 bits per heavy atom. The Balaban J connectivity index is 0.973. The number of ether oxygens (including phenoxy) is 5. The van der Waals surface area contributed by atoms with Crippen molar-refractivity contribution in [2.24, 2.45) is 0 Å². The molecule has 0 amide bonds. The number of benzene rings is 6. The van der Waals surface area contributed by atoms with E-state index in [0.29, 0.717) is 30.3 Å². The first-order valence-corrected chi connectivity index (χ1v) is 29.4. The van der Waals surface area contributed by atoms with Crippen LogP contribution in [0.5, 0.6) is 28.7 Å². The van der Waals surface area contributed by atoms with E-state index in [1.807, 2.05) is 0 Å². The molecule has 0 fully saturated rings. The third-order valence-electron chi connectivity index (χ3n) is 15.2. The molecule has 6 aromatic carbocycles. The highest BCUT2D eigenvalue weighted by Gasteiger charge is 2.43. The zero-order valence-electron chi connectivity index (χ0n) is 50.9. The highest BCUT2D eigenvalue weighted by atomic mass is 17.2. The van der Waals surface area contributed by atoms with Crippen LogP contribution in [-0.2, 0) is 16.0 Å². The van der Waals surface area contributed by atoms with Crippen molar-refractivity contribution < 1.29 is 124 Å². The third-order valence-corrected chi connectivity index (χ3v) is 15.2. The van der Waals surface area contributed by atoms with Gasteiger partial charge in [-0.05, 0) is 72.3 Å². The van der Waals surface area contributed by atoms with Crippen LogP contribution in [0.3, 0.4) is 0 Å². The summed E-state index contributed by atoms with van der Waals surface area (Å²) in [7, 11) is 0. The maximum absolute atomic E-state index is 15.2. The Hall–Kier alpha value is -13.7. The van der Waals surface area contributed by atoms with Crippen molar-refractivity contribution >= 4 is 102 Å². The number of esters is 1. The number of fused-ring (bicyclic) bond motifs is 6. The zero-order chi connectivity index (χ0) is 71.7. The number of hydrogen-bond acceptors (Lipinski definition) is 27. The summed E-state index contributed by atoms with van der Waals surface area (Å²) in [5.74, 6) is -16.2. The molecule has 0 aliphatic carbocycles. The molecule has 0 saturated heterocycles. The van der Waals surface area contributed by atoms with Crippen molar-refractivity contribution in [2.75, 3.05) is 19.8 Å². The summed E-state index contributed by atoms with van der Waals surface area (Å²) in [5.41, 5.74) is -7.95. The molecule has 5 atom stereocenters. The average Bonchev–Trinajstić information content (AvgIpc) is 0.858. The lowest BCUT2D eigenvalue weighted by Crippen LogP contribution is -2.53. The van der Waals surface area contributed by atoms with Crippen LogP contribution < -0.4 is 56.4 Å². The van der Waals surface area contributed by atoms with Crippen molar-refractivity contribution in [3.8, 4) is 28.7 Å². The van der Waals surface area contributed by atoms with Gasteiger partial charge in [0.2, 0.25) is 34.6 Å². The number of carbonyl (C=O) groups is 6. The lowest BCUT2D eigenvalue weighted by Gasteiger charge is -2.35. The molecule has 32 heteroatoms. The molecule has 12 rings (SSSR count). The highest BCUT2D eigenvalue weighted by molar-refractivity contribution is 5.94. The molecule has 512 valence electrons. The second-order valence-electron chi connectivity index (χ2n) is 21.8. The van der Waals surface area contributed by atoms with Gasteiger partial charge in [-0.1, -0.05) is 42.5 Å². The van der Waals surface area contributed by atoms with Gasteiger partial charge in [-0.3, -0.25) is 28.8 Å². The summed E-state index contributed by atoms with van der Waals surface area (Å²) in [5, 5.41) is 70.2. The van der Waals surface area contributed by atoms with Crippen LogP contribution in [0, 0.1) is 0 Å². The lowest BCUT2D eigenvalue weighted by atomic mass is 9.95. The van der Waals surface area contributed by atoms with Crippen LogP contribution in [0.15, 0.2) is 201 Å². The fourth-order valence-corrected chi connectivity index (χ4v) is 10.8. The Kier molecular flexibility index (Phi) is 18.5. The number of carboxylic acids is 5. The van der Waals surface area contributed by atoms with E-state index >= 15 is 4.79 Å². The Morgan fingerprint density at radius 2 is 0.663 bits per heavy atom. The molecule has 32 nitrogen and oxygen atoms in total. The molecule has 6 heterocycles. The second-order valence-corrected chi connectivity index (χ2v) is 21.8. The van der Waals surface area contributed by atoms with Crippen molar-refractivity contribution in [2.45, 2.75) is 36.9 Å². The van der Waals surface area contributed by atoms with Gasteiger partial charge in [-0.25, -0.2) is 28.8 Å². The standard InChI is InChI=1S/C69H44O32/c70-30(26-89-38-8-2-12-42-57(38)32(72)21-51(93-42)65(80)81)27-90-39-9-3-14-44-59(39)36(76)25-55(97-44)69(88)99-49(19-29-7-1-11-41-56(29)31(71)20-50(92-41)64(78)79)63(101-100-48-18-6-16-46-61(48)35(75)24-54(96-46)68(86)87)62(98-47-17-5-15-45-60(47)34(74)23-53(95-45)67(84)85)37(77)28-91-40-10-4-13-43-58(40)33(73)22-52(94-43)66(82)83/h1-18,20-25,30,37,49,62-63,70,77H,19,26-28H2,(H,78,79)(H,80,81)(H,82,83)(H,84,85)(H,86,87). The topological polar surface area (TPSA) is 490 Å². The Labute approximate surface area is 556 Å². The molecule has 0 radical (unpaired) electrons. The molecular weight excluding hydrogens is 1340 g/mol. The van der Waals surface area contributed by atoms with Gasteiger partial charge in [0.15, 0.2) is 50.5 Å². The summed E-state index contributed by atoms with van der Waals surface area (Å²) in [6, 6.07) is 26.3. The molecule has 0 aliphatic heterocycles. The quantitative estimate of drug-likeness (QED) is 0.0169. The SMILES string of the molecule is O=C(O)c1cc(=O)c2c(CC(OC(=O)c3cc(=O)c4c(OCC(O)COc5cccc6oc(C(=O)O)cc(=O)c56)cccc4o3)C(OOc3cccc4oc(C(=O)O)cc(=O)c34)C(Oc3cccc4oc(C(=O)O)cc(=O)c34)C(O)COc3cccc4oc(C(=O)O)cc(=O)c34)cccc2o1. The lowest BCUT2D eigenvalue weighted by molar-refractivity contribution is -0.290. The van der Waals surface area contributed by atoms with E-state index < -0.39 is 193 Å². The molecule has 0 saturated carbocycles. The number of aromatic carboxylic acids is 5. The predicted octanol–water partition coefficient (Wildman–Crippen LogP) is 6.67. The van der Waals surface area contributed by atoms with Crippen molar-refractivity contribution in [1.82, 2.24) is 0 Å².